The molecule has 0 amide bonds. The first-order valence-corrected chi connectivity index (χ1v) is 20.3. The summed E-state index contributed by atoms with van der Waals surface area (Å²) >= 11 is 0. The van der Waals surface area contributed by atoms with E-state index in [0.717, 1.165) is 31.9 Å². The zero-order valence-electron chi connectivity index (χ0n) is 28.5. The maximum Gasteiger partial charge on any atom is 0.276 e. The number of ether oxygens (including phenoxy) is 2. The molecule has 47 heavy (non-hydrogen) atoms. The van der Waals surface area contributed by atoms with E-state index in [2.05, 4.69) is 23.8 Å². The number of aryl methyl sites for hydroxylation is 1. The van der Waals surface area contributed by atoms with Gasteiger partial charge in [-0.05, 0) is 61.7 Å². The molecule has 10 heteroatoms. The Morgan fingerprint density at radius 3 is 1.77 bits per heavy atom. The lowest BCUT2D eigenvalue weighted by molar-refractivity contribution is 0.258. The topological polar surface area (TPSA) is 111 Å². The normalized spacial score (nSPS) is 12.2. The molecule has 3 aromatic carbocycles. The summed E-state index contributed by atoms with van der Waals surface area (Å²) in [6.07, 6.45) is 14.9. The van der Waals surface area contributed by atoms with E-state index in [-0.39, 0.29) is 9.79 Å². The lowest BCUT2D eigenvalue weighted by Crippen LogP contribution is -2.22. The van der Waals surface area contributed by atoms with E-state index in [1.807, 2.05) is 18.2 Å². The van der Waals surface area contributed by atoms with Crippen molar-refractivity contribution in [3.05, 3.63) is 83.4 Å². The first kappa shape index (κ1) is 38.1. The van der Waals surface area contributed by atoms with Crippen LogP contribution in [0.4, 0.5) is 0 Å². The first-order chi connectivity index (χ1) is 22.6. The van der Waals surface area contributed by atoms with E-state index < -0.39 is 19.9 Å². The van der Waals surface area contributed by atoms with Gasteiger partial charge in [-0.1, -0.05) is 108 Å². The van der Waals surface area contributed by atoms with Crippen molar-refractivity contribution in [1.29, 1.82) is 0 Å². The van der Waals surface area contributed by atoms with E-state index in [0.29, 0.717) is 47.1 Å². The van der Waals surface area contributed by atoms with Crippen molar-refractivity contribution >= 4 is 25.6 Å². The predicted octanol–water partition coefficient (Wildman–Crippen LogP) is 8.61. The summed E-state index contributed by atoms with van der Waals surface area (Å²) in [6, 6.07) is 18.4. The van der Waals surface area contributed by atoms with Gasteiger partial charge >= 0.3 is 0 Å². The Morgan fingerprint density at radius 2 is 1.19 bits per heavy atom. The molecule has 3 rings (SSSR count). The highest BCUT2D eigenvalue weighted by molar-refractivity contribution is 7.90. The van der Waals surface area contributed by atoms with Crippen LogP contribution < -0.4 is 14.3 Å². The summed E-state index contributed by atoms with van der Waals surface area (Å²) in [5, 5.41) is 4.40. The molecule has 0 saturated carbocycles. The minimum Gasteiger partial charge on any atom is -0.490 e. The second-order valence-electron chi connectivity index (χ2n) is 12.0. The third-order valence-corrected chi connectivity index (χ3v) is 10.4. The fraction of sp³-hybridized carbons (Fsp3) is 0.486. The smallest absolute Gasteiger partial charge is 0.276 e. The summed E-state index contributed by atoms with van der Waals surface area (Å²) in [5.74, 6) is 1.19. The molecule has 3 aromatic rings. The van der Waals surface area contributed by atoms with E-state index >= 15 is 0 Å². The van der Waals surface area contributed by atoms with Gasteiger partial charge < -0.3 is 9.47 Å². The van der Waals surface area contributed by atoms with Crippen molar-refractivity contribution in [3.63, 3.8) is 0 Å². The minimum absolute atomic E-state index is 0.122. The van der Waals surface area contributed by atoms with Crippen LogP contribution in [0.3, 0.4) is 0 Å². The Bertz CT molecular complexity index is 1640. The molecule has 0 aliphatic heterocycles. The van der Waals surface area contributed by atoms with Gasteiger partial charge in [-0.2, -0.15) is 18.4 Å². The maximum absolute atomic E-state index is 13.3. The molecule has 0 radical (unpaired) electrons. The maximum atomic E-state index is 13.3. The molecule has 0 bridgehead atoms. The van der Waals surface area contributed by atoms with E-state index in [9.17, 15) is 16.8 Å². The number of hydrogen-bond acceptors (Lipinski definition) is 7. The number of nitrogens with zero attached hydrogens (tertiary/aromatic N) is 1. The van der Waals surface area contributed by atoms with Gasteiger partial charge in [0.25, 0.3) is 10.0 Å². The van der Waals surface area contributed by atoms with Gasteiger partial charge in [0, 0.05) is 17.4 Å². The number of sulfonamides is 1. The number of sulfone groups is 1. The van der Waals surface area contributed by atoms with Crippen LogP contribution in [0, 0.1) is 6.92 Å². The molecule has 1 N–H and O–H groups in total. The number of rotatable bonds is 22. The number of benzene rings is 3. The summed E-state index contributed by atoms with van der Waals surface area (Å²) in [4.78, 5) is 2.68. The molecule has 0 aromatic heterocycles. The SMILES string of the molecule is CCCCCCCCOc1ccc(C(=NNS(=O)(=O)c2ccccc2C)c2ccc(S(C)(=O)=O)cc2)cc1OCCCCCCCC. The zero-order valence-corrected chi connectivity index (χ0v) is 30.1. The molecule has 0 spiro atoms. The Hall–Kier alpha value is -3.37. The van der Waals surface area contributed by atoms with E-state index in [1.54, 1.807) is 37.3 Å². The number of hydrazone groups is 1. The monoisotopic (exact) mass is 684 g/mol. The van der Waals surface area contributed by atoms with E-state index in [1.165, 1.54) is 69.6 Å². The summed E-state index contributed by atoms with van der Waals surface area (Å²) in [5.41, 5.74) is 2.03. The third-order valence-electron chi connectivity index (χ3n) is 7.94. The molecule has 0 heterocycles. The van der Waals surface area contributed by atoms with Crippen molar-refractivity contribution in [2.75, 3.05) is 19.5 Å². The van der Waals surface area contributed by atoms with E-state index in [4.69, 9.17) is 9.47 Å². The van der Waals surface area contributed by atoms with Gasteiger partial charge in [0.1, 0.15) is 0 Å². The van der Waals surface area contributed by atoms with Crippen molar-refractivity contribution in [2.45, 2.75) is 108 Å². The molecule has 0 fully saturated rings. The molecule has 0 atom stereocenters. The molecule has 8 nitrogen and oxygen atoms in total. The summed E-state index contributed by atoms with van der Waals surface area (Å²) in [7, 11) is -7.42. The van der Waals surface area contributed by atoms with Crippen LogP contribution >= 0.6 is 0 Å². The average Bonchev–Trinajstić information content (AvgIpc) is 3.04. The number of nitrogens with one attached hydrogen (secondary N) is 1. The van der Waals surface area contributed by atoms with Crippen LogP contribution in [0.5, 0.6) is 11.5 Å². The van der Waals surface area contributed by atoms with Gasteiger partial charge in [0.05, 0.1) is 28.7 Å². The number of hydrogen-bond donors (Lipinski definition) is 1. The quantitative estimate of drug-likeness (QED) is 0.0645. The first-order valence-electron chi connectivity index (χ1n) is 16.9. The molecule has 258 valence electrons. The highest BCUT2D eigenvalue weighted by Crippen LogP contribution is 2.31. The highest BCUT2D eigenvalue weighted by Gasteiger charge is 2.19. The molecular formula is C37H52N2O6S2. The average molecular weight is 685 g/mol. The molecule has 0 unspecified atom stereocenters. The van der Waals surface area contributed by atoms with Gasteiger partial charge in [0.15, 0.2) is 21.3 Å². The largest absolute Gasteiger partial charge is 0.490 e. The fourth-order valence-electron chi connectivity index (χ4n) is 5.19. The lowest BCUT2D eigenvalue weighted by atomic mass is 10.0. The van der Waals surface area contributed by atoms with Crippen LogP contribution in [-0.4, -0.2) is 42.0 Å². The van der Waals surface area contributed by atoms with Crippen LogP contribution in [0.1, 0.15) is 108 Å². The standard InChI is InChI=1S/C37H52N2O6S2/c1-5-7-9-11-13-17-27-44-34-26-23-32(29-35(34)45-28-18-14-12-10-8-6-2)37(31-21-24-33(25-22-31)46(4,40)41)38-39-47(42,43)36-20-16-15-19-30(36)3/h15-16,19-26,29,39H,5-14,17-18,27-28H2,1-4H3. The lowest BCUT2D eigenvalue weighted by Gasteiger charge is -2.16. The molecule has 0 saturated heterocycles. The zero-order chi connectivity index (χ0) is 34.1. The van der Waals surface area contributed by atoms with Crippen LogP contribution in [0.15, 0.2) is 81.6 Å². The van der Waals surface area contributed by atoms with Gasteiger partial charge in [-0.15, -0.1) is 0 Å². The van der Waals surface area contributed by atoms with Crippen LogP contribution in [0.25, 0.3) is 0 Å². The second kappa shape index (κ2) is 19.5. The predicted molar refractivity (Wildman–Crippen MR) is 191 cm³/mol. The van der Waals surface area contributed by atoms with Gasteiger partial charge in [-0.25, -0.2) is 8.42 Å². The van der Waals surface area contributed by atoms with Crippen molar-refractivity contribution in [1.82, 2.24) is 4.83 Å². The Kier molecular flexibility index (Phi) is 15.8. The van der Waals surface area contributed by atoms with Crippen molar-refractivity contribution in [2.24, 2.45) is 5.10 Å². The van der Waals surface area contributed by atoms with Gasteiger partial charge in [0.2, 0.25) is 0 Å². The molecule has 0 aliphatic rings. The third kappa shape index (κ3) is 12.6. The molecule has 0 aliphatic carbocycles. The van der Waals surface area contributed by atoms with Gasteiger partial charge in [-0.3, -0.25) is 0 Å². The fourth-order valence-corrected chi connectivity index (χ4v) is 6.87. The molecular weight excluding hydrogens is 633 g/mol. The van der Waals surface area contributed by atoms with Crippen molar-refractivity contribution in [3.8, 4) is 11.5 Å². The minimum atomic E-state index is -3.99. The summed E-state index contributed by atoms with van der Waals surface area (Å²) < 4.78 is 63.3. The summed E-state index contributed by atoms with van der Waals surface area (Å²) in [6.45, 7) is 7.23. The second-order valence-corrected chi connectivity index (χ2v) is 15.7. The van der Waals surface area contributed by atoms with Crippen molar-refractivity contribution < 1.29 is 26.3 Å². The highest BCUT2D eigenvalue weighted by atomic mass is 32.2. The Morgan fingerprint density at radius 1 is 0.660 bits per heavy atom. The number of unbranched alkanes of at least 4 members (excludes halogenated alkanes) is 10. The van der Waals surface area contributed by atoms with Crippen LogP contribution in [-0.2, 0) is 19.9 Å². The Labute approximate surface area is 283 Å². The Balaban J connectivity index is 1.94. The van der Waals surface area contributed by atoms with Crippen LogP contribution in [0.2, 0.25) is 0 Å².